The Morgan fingerprint density at radius 2 is 1.90 bits per heavy atom. The van der Waals surface area contributed by atoms with Gasteiger partial charge in [-0.05, 0) is 49.3 Å². The van der Waals surface area contributed by atoms with E-state index in [2.05, 4.69) is 28.2 Å². The van der Waals surface area contributed by atoms with Crippen molar-refractivity contribution in [1.82, 2.24) is 5.32 Å². The fraction of sp³-hybridized carbons (Fsp3) is 0.588. The lowest BCUT2D eigenvalue weighted by molar-refractivity contribution is 0.0941. The van der Waals surface area contributed by atoms with Gasteiger partial charge in [0.1, 0.15) is 0 Å². The molecule has 2 rings (SSSR count). The molecule has 1 saturated carbocycles. The highest BCUT2D eigenvalue weighted by Crippen LogP contribution is 2.30. The van der Waals surface area contributed by atoms with Crippen molar-refractivity contribution in [2.24, 2.45) is 11.8 Å². The number of carbonyl (C=O) groups excluding carboxylic acids is 1. The first-order chi connectivity index (χ1) is 9.60. The van der Waals surface area contributed by atoms with E-state index < -0.39 is 0 Å². The van der Waals surface area contributed by atoms with E-state index in [1.54, 1.807) is 0 Å². The molecular weight excluding hydrogens is 314 g/mol. The molecule has 1 N–H and O–H groups in total. The van der Waals surface area contributed by atoms with E-state index >= 15 is 0 Å². The number of rotatable bonds is 4. The molecule has 0 aromatic heterocycles. The molecule has 20 heavy (non-hydrogen) atoms. The fourth-order valence-electron chi connectivity index (χ4n) is 2.92. The highest BCUT2D eigenvalue weighted by Gasteiger charge is 2.20. The summed E-state index contributed by atoms with van der Waals surface area (Å²) in [4.78, 5) is 12.1. The topological polar surface area (TPSA) is 29.1 Å². The summed E-state index contributed by atoms with van der Waals surface area (Å²) in [6.45, 7) is 5.13. The largest absolute Gasteiger partial charge is 0.352 e. The van der Waals surface area contributed by atoms with Crippen molar-refractivity contribution in [2.75, 3.05) is 6.54 Å². The van der Waals surface area contributed by atoms with Crippen LogP contribution in [0.4, 0.5) is 0 Å². The molecule has 0 atom stereocenters. The van der Waals surface area contributed by atoms with Crippen molar-refractivity contribution >= 4 is 21.8 Å². The lowest BCUT2D eigenvalue weighted by atomic mass is 9.81. The van der Waals surface area contributed by atoms with Gasteiger partial charge in [-0.3, -0.25) is 4.79 Å². The van der Waals surface area contributed by atoms with Gasteiger partial charge in [-0.2, -0.15) is 0 Å². The molecule has 0 heterocycles. The third-order valence-electron chi connectivity index (χ3n) is 4.53. The summed E-state index contributed by atoms with van der Waals surface area (Å²) < 4.78 is 0.994. The molecular formula is C17H24BrNO. The minimum absolute atomic E-state index is 0.0447. The second-order valence-corrected chi connectivity index (χ2v) is 6.82. The van der Waals surface area contributed by atoms with Gasteiger partial charge in [0.15, 0.2) is 0 Å². The average Bonchev–Trinajstić information content (AvgIpc) is 2.48. The molecule has 1 aliphatic rings. The van der Waals surface area contributed by atoms with Crippen molar-refractivity contribution in [3.05, 3.63) is 33.8 Å². The van der Waals surface area contributed by atoms with Crippen LogP contribution >= 0.6 is 15.9 Å². The van der Waals surface area contributed by atoms with Crippen molar-refractivity contribution in [3.8, 4) is 0 Å². The van der Waals surface area contributed by atoms with Crippen LogP contribution in [0.3, 0.4) is 0 Å². The number of hydrogen-bond acceptors (Lipinski definition) is 1. The van der Waals surface area contributed by atoms with Crippen LogP contribution in [0.25, 0.3) is 0 Å². The van der Waals surface area contributed by atoms with E-state index in [1.807, 2.05) is 25.1 Å². The summed E-state index contributed by atoms with van der Waals surface area (Å²) >= 11 is 3.48. The zero-order valence-electron chi connectivity index (χ0n) is 12.4. The molecule has 1 aromatic rings. The summed E-state index contributed by atoms with van der Waals surface area (Å²) in [6, 6.07) is 5.77. The van der Waals surface area contributed by atoms with E-state index in [0.717, 1.165) is 28.1 Å². The second kappa shape index (κ2) is 7.26. The van der Waals surface area contributed by atoms with E-state index in [-0.39, 0.29) is 5.91 Å². The van der Waals surface area contributed by atoms with Crippen LogP contribution < -0.4 is 5.32 Å². The molecule has 0 radical (unpaired) electrons. The molecule has 1 aliphatic carbocycles. The smallest absolute Gasteiger partial charge is 0.251 e. The Balaban J connectivity index is 1.82. The number of halogens is 1. The van der Waals surface area contributed by atoms with Gasteiger partial charge in [0.25, 0.3) is 5.91 Å². The zero-order valence-corrected chi connectivity index (χ0v) is 14.0. The molecule has 2 nitrogen and oxygen atoms in total. The Bertz CT molecular complexity index is 464. The lowest BCUT2D eigenvalue weighted by Crippen LogP contribution is -2.31. The van der Waals surface area contributed by atoms with Gasteiger partial charge in [0.2, 0.25) is 0 Å². The van der Waals surface area contributed by atoms with E-state index in [1.165, 1.54) is 32.1 Å². The number of benzene rings is 1. The Morgan fingerprint density at radius 3 is 2.50 bits per heavy atom. The summed E-state index contributed by atoms with van der Waals surface area (Å²) in [6.07, 6.45) is 6.48. The van der Waals surface area contributed by atoms with Crippen LogP contribution in [0, 0.1) is 18.8 Å². The zero-order chi connectivity index (χ0) is 14.5. The SMILES string of the molecule is CCC1CCC(CNC(=O)c2ccc(C)c(Br)c2)CC1. The second-order valence-electron chi connectivity index (χ2n) is 5.97. The summed E-state index contributed by atoms with van der Waals surface area (Å²) in [5, 5.41) is 3.09. The predicted octanol–water partition coefficient (Wildman–Crippen LogP) is 4.70. The molecule has 0 unspecified atom stereocenters. The van der Waals surface area contributed by atoms with Gasteiger partial charge >= 0.3 is 0 Å². The molecule has 1 amide bonds. The molecule has 0 aliphatic heterocycles. The van der Waals surface area contributed by atoms with Gasteiger partial charge in [0.05, 0.1) is 0 Å². The Hall–Kier alpha value is -0.830. The molecule has 3 heteroatoms. The molecule has 0 saturated heterocycles. The van der Waals surface area contributed by atoms with Gasteiger partial charge < -0.3 is 5.32 Å². The number of carbonyl (C=O) groups is 1. The first kappa shape index (κ1) is 15.6. The highest BCUT2D eigenvalue weighted by molar-refractivity contribution is 9.10. The minimum Gasteiger partial charge on any atom is -0.352 e. The number of aryl methyl sites for hydroxylation is 1. The standard InChI is InChI=1S/C17H24BrNO/c1-3-13-5-7-14(8-6-13)11-19-17(20)15-9-4-12(2)16(18)10-15/h4,9-10,13-14H,3,5-8,11H2,1-2H3,(H,19,20). The van der Waals surface area contributed by atoms with Crippen LogP contribution in [0.5, 0.6) is 0 Å². The first-order valence-electron chi connectivity index (χ1n) is 7.64. The number of nitrogens with one attached hydrogen (secondary N) is 1. The van der Waals surface area contributed by atoms with Crippen LogP contribution in [-0.2, 0) is 0 Å². The maximum absolute atomic E-state index is 12.1. The highest BCUT2D eigenvalue weighted by atomic mass is 79.9. The van der Waals surface area contributed by atoms with Gasteiger partial charge in [-0.1, -0.05) is 48.2 Å². The van der Waals surface area contributed by atoms with E-state index in [0.29, 0.717) is 5.92 Å². The van der Waals surface area contributed by atoms with Crippen LogP contribution in [0.2, 0.25) is 0 Å². The van der Waals surface area contributed by atoms with Crippen molar-refractivity contribution in [3.63, 3.8) is 0 Å². The monoisotopic (exact) mass is 337 g/mol. The maximum atomic E-state index is 12.1. The van der Waals surface area contributed by atoms with Crippen LogP contribution in [-0.4, -0.2) is 12.5 Å². The van der Waals surface area contributed by atoms with E-state index in [9.17, 15) is 4.79 Å². The lowest BCUT2D eigenvalue weighted by Gasteiger charge is -2.27. The Morgan fingerprint density at radius 1 is 1.25 bits per heavy atom. The van der Waals surface area contributed by atoms with Crippen molar-refractivity contribution < 1.29 is 4.79 Å². The first-order valence-corrected chi connectivity index (χ1v) is 8.43. The van der Waals surface area contributed by atoms with Crippen LogP contribution in [0.1, 0.15) is 54.9 Å². The average molecular weight is 338 g/mol. The van der Waals surface area contributed by atoms with Gasteiger partial charge in [-0.25, -0.2) is 0 Å². The van der Waals surface area contributed by atoms with Crippen LogP contribution in [0.15, 0.2) is 22.7 Å². The maximum Gasteiger partial charge on any atom is 0.251 e. The van der Waals surface area contributed by atoms with Crippen molar-refractivity contribution in [1.29, 1.82) is 0 Å². The summed E-state index contributed by atoms with van der Waals surface area (Å²) in [5.41, 5.74) is 1.89. The van der Waals surface area contributed by atoms with Gasteiger partial charge in [0, 0.05) is 16.6 Å². The minimum atomic E-state index is 0.0447. The predicted molar refractivity (Wildman–Crippen MR) is 87.0 cm³/mol. The quantitative estimate of drug-likeness (QED) is 0.847. The third-order valence-corrected chi connectivity index (χ3v) is 5.38. The Labute approximate surface area is 130 Å². The van der Waals surface area contributed by atoms with Crippen molar-refractivity contribution in [2.45, 2.75) is 46.0 Å². The molecule has 0 spiro atoms. The third kappa shape index (κ3) is 4.08. The normalized spacial score (nSPS) is 22.6. The summed E-state index contributed by atoms with van der Waals surface area (Å²) in [5.74, 6) is 1.62. The summed E-state index contributed by atoms with van der Waals surface area (Å²) in [7, 11) is 0. The van der Waals surface area contributed by atoms with E-state index in [4.69, 9.17) is 0 Å². The number of hydrogen-bond donors (Lipinski definition) is 1. The molecule has 1 fully saturated rings. The molecule has 110 valence electrons. The molecule has 0 bridgehead atoms. The van der Waals surface area contributed by atoms with Gasteiger partial charge in [-0.15, -0.1) is 0 Å². The fourth-order valence-corrected chi connectivity index (χ4v) is 3.30. The Kier molecular flexibility index (Phi) is 5.64. The number of amides is 1. The molecule has 1 aromatic carbocycles.